The van der Waals surface area contributed by atoms with E-state index in [0.717, 1.165) is 32.4 Å². The van der Waals surface area contributed by atoms with E-state index in [0.29, 0.717) is 18.4 Å². The summed E-state index contributed by atoms with van der Waals surface area (Å²) in [5.41, 5.74) is 0. The number of carbonyl (C=O) groups excluding carboxylic acids is 2. The van der Waals surface area contributed by atoms with E-state index in [4.69, 9.17) is 6.42 Å². The number of carbonyl (C=O) groups is 2. The van der Waals surface area contributed by atoms with Crippen molar-refractivity contribution in [3.8, 4) is 12.3 Å². The smallest absolute Gasteiger partial charge is 0.324 e. The molecule has 3 heterocycles. The first-order valence-corrected chi connectivity index (χ1v) is 7.72. The van der Waals surface area contributed by atoms with E-state index in [9.17, 15) is 9.59 Å². The number of piperidine rings is 1. The van der Waals surface area contributed by atoms with Crippen LogP contribution in [0.25, 0.3) is 0 Å². The molecule has 2 aliphatic rings. The van der Waals surface area contributed by atoms with Gasteiger partial charge in [0, 0.05) is 19.5 Å². The minimum absolute atomic E-state index is 0.0567. The number of terminal acetylenes is 1. The van der Waals surface area contributed by atoms with E-state index >= 15 is 0 Å². The molecule has 0 bridgehead atoms. The number of tetrazole rings is 1. The Morgan fingerprint density at radius 2 is 2.22 bits per heavy atom. The van der Waals surface area contributed by atoms with Crippen LogP contribution < -0.4 is 10.2 Å². The van der Waals surface area contributed by atoms with Gasteiger partial charge in [0.15, 0.2) is 0 Å². The van der Waals surface area contributed by atoms with Crippen LogP contribution in [0.3, 0.4) is 0 Å². The quantitative estimate of drug-likeness (QED) is 0.579. The van der Waals surface area contributed by atoms with Crippen molar-refractivity contribution in [3.05, 3.63) is 0 Å². The van der Waals surface area contributed by atoms with Gasteiger partial charge < -0.3 is 10.2 Å². The second kappa shape index (κ2) is 6.64. The zero-order valence-corrected chi connectivity index (χ0v) is 12.8. The van der Waals surface area contributed by atoms with Crippen LogP contribution in [0.15, 0.2) is 0 Å². The number of hydrogen-bond donors (Lipinski definition) is 1. The summed E-state index contributed by atoms with van der Waals surface area (Å²) in [6.07, 6.45) is 8.32. The number of imide groups is 1. The lowest BCUT2D eigenvalue weighted by molar-refractivity contribution is -0.125. The SMILES string of the molecule is C#CCC1CCCN(c2nnnn2CCN2C(=O)CNC2=O)C1. The van der Waals surface area contributed by atoms with Crippen molar-refractivity contribution in [1.29, 1.82) is 0 Å². The molecule has 122 valence electrons. The number of aromatic nitrogens is 4. The first-order valence-electron chi connectivity index (χ1n) is 7.72. The Balaban J connectivity index is 1.64. The number of amides is 3. The Hall–Kier alpha value is -2.63. The van der Waals surface area contributed by atoms with Gasteiger partial charge in [-0.15, -0.1) is 12.3 Å². The maximum absolute atomic E-state index is 11.6. The van der Waals surface area contributed by atoms with Crippen molar-refractivity contribution in [3.63, 3.8) is 0 Å². The highest BCUT2D eigenvalue weighted by molar-refractivity contribution is 6.01. The molecule has 3 amide bonds. The summed E-state index contributed by atoms with van der Waals surface area (Å²) >= 11 is 0. The monoisotopic (exact) mass is 317 g/mol. The molecule has 23 heavy (non-hydrogen) atoms. The van der Waals surface area contributed by atoms with E-state index in [1.807, 2.05) is 0 Å². The van der Waals surface area contributed by atoms with Crippen LogP contribution in [0.4, 0.5) is 10.7 Å². The lowest BCUT2D eigenvalue weighted by Crippen LogP contribution is -2.38. The Morgan fingerprint density at radius 1 is 1.35 bits per heavy atom. The average molecular weight is 317 g/mol. The second-order valence-corrected chi connectivity index (χ2v) is 5.77. The van der Waals surface area contributed by atoms with Crippen molar-refractivity contribution >= 4 is 17.9 Å². The maximum atomic E-state index is 11.6. The first kappa shape index (κ1) is 15.3. The van der Waals surface area contributed by atoms with E-state index in [1.165, 1.54) is 4.90 Å². The third kappa shape index (κ3) is 3.26. The van der Waals surface area contributed by atoms with E-state index in [1.54, 1.807) is 4.68 Å². The molecule has 0 spiro atoms. The van der Waals surface area contributed by atoms with Crippen LogP contribution >= 0.6 is 0 Å². The number of hydrogen-bond acceptors (Lipinski definition) is 6. The molecule has 9 nitrogen and oxygen atoms in total. The third-order valence-corrected chi connectivity index (χ3v) is 4.19. The number of nitrogens with one attached hydrogen (secondary N) is 1. The molecule has 3 rings (SSSR count). The zero-order chi connectivity index (χ0) is 16.2. The van der Waals surface area contributed by atoms with Crippen LogP contribution in [0.5, 0.6) is 0 Å². The molecule has 9 heteroatoms. The molecule has 2 saturated heterocycles. The Bertz CT molecular complexity index is 619. The summed E-state index contributed by atoms with van der Waals surface area (Å²) < 4.78 is 1.64. The van der Waals surface area contributed by atoms with Crippen LogP contribution in [-0.4, -0.2) is 63.2 Å². The minimum Gasteiger partial charge on any atom is -0.339 e. The average Bonchev–Trinajstić information content (AvgIpc) is 3.13. The van der Waals surface area contributed by atoms with Crippen LogP contribution in [-0.2, 0) is 11.3 Å². The molecule has 1 aromatic heterocycles. The van der Waals surface area contributed by atoms with Gasteiger partial charge in [0.1, 0.15) is 0 Å². The van der Waals surface area contributed by atoms with Gasteiger partial charge in [0.2, 0.25) is 11.9 Å². The van der Waals surface area contributed by atoms with E-state index < -0.39 is 0 Å². The zero-order valence-electron chi connectivity index (χ0n) is 12.8. The van der Waals surface area contributed by atoms with Gasteiger partial charge in [-0.2, -0.15) is 0 Å². The van der Waals surface area contributed by atoms with E-state index in [2.05, 4.69) is 31.7 Å². The first-order chi connectivity index (χ1) is 11.2. The summed E-state index contributed by atoms with van der Waals surface area (Å²) in [7, 11) is 0. The summed E-state index contributed by atoms with van der Waals surface area (Å²) in [6, 6.07) is -0.364. The summed E-state index contributed by atoms with van der Waals surface area (Å²) in [5.74, 6) is 3.61. The molecule has 0 aliphatic carbocycles. The number of rotatable bonds is 5. The van der Waals surface area contributed by atoms with E-state index in [-0.39, 0.29) is 25.0 Å². The predicted octanol–water partition coefficient (Wildman–Crippen LogP) is -0.535. The van der Waals surface area contributed by atoms with Crippen molar-refractivity contribution in [2.75, 3.05) is 31.1 Å². The largest absolute Gasteiger partial charge is 0.339 e. The Morgan fingerprint density at radius 3 is 2.96 bits per heavy atom. The molecule has 0 aromatic carbocycles. The van der Waals surface area contributed by atoms with Crippen LogP contribution in [0.1, 0.15) is 19.3 Å². The Labute approximate surface area is 134 Å². The molecule has 0 radical (unpaired) electrons. The van der Waals surface area contributed by atoms with Crippen LogP contribution in [0, 0.1) is 18.3 Å². The highest BCUT2D eigenvalue weighted by Gasteiger charge is 2.29. The molecular formula is C14H19N7O2. The normalized spacial score (nSPS) is 21.4. The number of anilines is 1. The van der Waals surface area contributed by atoms with Gasteiger partial charge in [-0.25, -0.2) is 9.48 Å². The predicted molar refractivity (Wildman–Crippen MR) is 81.3 cm³/mol. The minimum atomic E-state index is -0.364. The molecule has 1 aromatic rings. The fraction of sp³-hybridized carbons (Fsp3) is 0.643. The summed E-state index contributed by atoms with van der Waals surface area (Å²) in [5, 5.41) is 14.3. The lowest BCUT2D eigenvalue weighted by atomic mass is 9.95. The molecule has 2 aliphatic heterocycles. The van der Waals surface area contributed by atoms with Crippen molar-refractivity contribution in [1.82, 2.24) is 30.4 Å². The van der Waals surface area contributed by atoms with Gasteiger partial charge >= 0.3 is 6.03 Å². The maximum Gasteiger partial charge on any atom is 0.324 e. The van der Waals surface area contributed by atoms with Crippen molar-refractivity contribution in [2.24, 2.45) is 5.92 Å². The standard InChI is InChI=1S/C14H19N7O2/c1-2-4-11-5-3-6-19(10-11)13-16-17-18-21(13)8-7-20-12(22)9-15-14(20)23/h1,11H,3-10H2,(H,15,23). The molecular weight excluding hydrogens is 298 g/mol. The topological polar surface area (TPSA) is 96.2 Å². The van der Waals surface area contributed by atoms with Crippen LogP contribution in [0.2, 0.25) is 0 Å². The number of urea groups is 1. The third-order valence-electron chi connectivity index (χ3n) is 4.19. The lowest BCUT2D eigenvalue weighted by Gasteiger charge is -2.32. The van der Waals surface area contributed by atoms with Crippen molar-refractivity contribution in [2.45, 2.75) is 25.8 Å². The highest BCUT2D eigenvalue weighted by atomic mass is 16.2. The molecule has 1 atom stereocenters. The fourth-order valence-electron chi connectivity index (χ4n) is 3.03. The summed E-state index contributed by atoms with van der Waals surface area (Å²) in [6.45, 7) is 2.39. The van der Waals surface area contributed by atoms with Gasteiger partial charge in [0.05, 0.1) is 19.6 Å². The summed E-state index contributed by atoms with van der Waals surface area (Å²) in [4.78, 5) is 26.5. The Kier molecular flexibility index (Phi) is 4.41. The molecule has 1 N–H and O–H groups in total. The van der Waals surface area contributed by atoms with Gasteiger partial charge in [-0.3, -0.25) is 9.69 Å². The second-order valence-electron chi connectivity index (χ2n) is 5.77. The van der Waals surface area contributed by atoms with Gasteiger partial charge in [0.25, 0.3) is 0 Å². The molecule has 1 unspecified atom stereocenters. The highest BCUT2D eigenvalue weighted by Crippen LogP contribution is 2.22. The molecule has 2 fully saturated rings. The van der Waals surface area contributed by atoms with Gasteiger partial charge in [-0.05, 0) is 29.2 Å². The van der Waals surface area contributed by atoms with Crippen molar-refractivity contribution < 1.29 is 9.59 Å². The molecule has 0 saturated carbocycles. The fourth-order valence-corrected chi connectivity index (χ4v) is 3.03. The number of nitrogens with zero attached hydrogens (tertiary/aromatic N) is 6. The van der Waals surface area contributed by atoms with Gasteiger partial charge in [-0.1, -0.05) is 5.10 Å².